The molecule has 3 rings (SSSR count). The van der Waals surface area contributed by atoms with Crippen molar-refractivity contribution < 1.29 is 4.42 Å². The predicted molar refractivity (Wildman–Crippen MR) is 84.4 cm³/mol. The highest BCUT2D eigenvalue weighted by Crippen LogP contribution is 2.17. The third-order valence-electron chi connectivity index (χ3n) is 3.04. The molecule has 21 heavy (non-hydrogen) atoms. The quantitative estimate of drug-likeness (QED) is 0.765. The topological polar surface area (TPSA) is 51.0 Å². The lowest BCUT2D eigenvalue weighted by Crippen LogP contribution is -2.13. The Hall–Kier alpha value is -1.98. The molecule has 0 spiro atoms. The first kappa shape index (κ1) is 14.0. The summed E-state index contributed by atoms with van der Waals surface area (Å²) in [5.41, 5.74) is 2.13. The highest BCUT2D eigenvalue weighted by atomic mass is 79.9. The number of hydrogen-bond acceptors (Lipinski definition) is 4. The Morgan fingerprint density at radius 2 is 1.67 bits per heavy atom. The second kappa shape index (κ2) is 6.65. The number of nitrogens with one attached hydrogen (secondary N) is 1. The summed E-state index contributed by atoms with van der Waals surface area (Å²) in [4.78, 5) is 0. The van der Waals surface area contributed by atoms with E-state index in [1.165, 1.54) is 5.56 Å². The molecule has 3 aromatic rings. The SMILES string of the molecule is Brc1ccccc1CNCc1nnc(-c2ccccc2)o1. The van der Waals surface area contributed by atoms with Gasteiger partial charge < -0.3 is 9.73 Å². The summed E-state index contributed by atoms with van der Waals surface area (Å²) in [5.74, 6) is 1.13. The first-order valence-electron chi connectivity index (χ1n) is 6.65. The summed E-state index contributed by atoms with van der Waals surface area (Å²) in [7, 11) is 0. The average molecular weight is 344 g/mol. The number of halogens is 1. The van der Waals surface area contributed by atoms with Gasteiger partial charge in [-0.1, -0.05) is 52.3 Å². The van der Waals surface area contributed by atoms with E-state index in [-0.39, 0.29) is 0 Å². The molecule has 0 aliphatic heterocycles. The molecule has 0 amide bonds. The van der Waals surface area contributed by atoms with Crippen LogP contribution in [0.3, 0.4) is 0 Å². The Morgan fingerprint density at radius 3 is 2.48 bits per heavy atom. The van der Waals surface area contributed by atoms with Gasteiger partial charge in [-0.3, -0.25) is 0 Å². The van der Waals surface area contributed by atoms with E-state index < -0.39 is 0 Å². The second-order valence-corrected chi connectivity index (χ2v) is 5.42. The summed E-state index contributed by atoms with van der Waals surface area (Å²) >= 11 is 3.53. The first-order valence-corrected chi connectivity index (χ1v) is 7.44. The van der Waals surface area contributed by atoms with Gasteiger partial charge in [-0.25, -0.2) is 0 Å². The summed E-state index contributed by atoms with van der Waals surface area (Å²) in [6.45, 7) is 1.28. The predicted octanol–water partition coefficient (Wildman–Crippen LogP) is 3.79. The Bertz CT molecular complexity index is 712. The molecule has 5 heteroatoms. The molecule has 1 N–H and O–H groups in total. The number of rotatable bonds is 5. The van der Waals surface area contributed by atoms with Gasteiger partial charge in [0, 0.05) is 16.6 Å². The fourth-order valence-electron chi connectivity index (χ4n) is 1.97. The monoisotopic (exact) mass is 343 g/mol. The van der Waals surface area contributed by atoms with E-state index >= 15 is 0 Å². The van der Waals surface area contributed by atoms with Crippen molar-refractivity contribution >= 4 is 15.9 Å². The molecule has 0 saturated carbocycles. The van der Waals surface area contributed by atoms with Crippen LogP contribution in [0.25, 0.3) is 11.5 Å². The van der Waals surface area contributed by atoms with E-state index in [4.69, 9.17) is 4.42 Å². The molecule has 0 atom stereocenters. The van der Waals surface area contributed by atoms with Crippen molar-refractivity contribution in [1.82, 2.24) is 15.5 Å². The molecule has 0 bridgehead atoms. The van der Waals surface area contributed by atoms with Crippen molar-refractivity contribution in [3.05, 3.63) is 70.5 Å². The molecule has 2 aromatic carbocycles. The Balaban J connectivity index is 1.60. The van der Waals surface area contributed by atoms with Crippen molar-refractivity contribution in [2.45, 2.75) is 13.1 Å². The zero-order chi connectivity index (χ0) is 14.5. The van der Waals surface area contributed by atoms with Gasteiger partial charge in [0.1, 0.15) is 0 Å². The molecule has 1 heterocycles. The lowest BCUT2D eigenvalue weighted by Gasteiger charge is -2.04. The molecule has 0 radical (unpaired) electrons. The van der Waals surface area contributed by atoms with Crippen LogP contribution in [0.2, 0.25) is 0 Å². The normalized spacial score (nSPS) is 10.7. The van der Waals surface area contributed by atoms with Crippen LogP contribution < -0.4 is 5.32 Å². The molecule has 4 nitrogen and oxygen atoms in total. The molecule has 0 aliphatic carbocycles. The van der Waals surface area contributed by atoms with E-state index in [2.05, 4.69) is 37.5 Å². The smallest absolute Gasteiger partial charge is 0.247 e. The molecule has 106 valence electrons. The van der Waals surface area contributed by atoms with Gasteiger partial charge in [0.2, 0.25) is 11.8 Å². The maximum absolute atomic E-state index is 5.64. The molecule has 0 fully saturated rings. The largest absolute Gasteiger partial charge is 0.419 e. The standard InChI is InChI=1S/C16H14BrN3O/c17-14-9-5-4-8-13(14)10-18-11-15-19-20-16(21-15)12-6-2-1-3-7-12/h1-9,18H,10-11H2. The van der Waals surface area contributed by atoms with E-state index in [1.807, 2.05) is 48.5 Å². The number of benzene rings is 2. The third-order valence-corrected chi connectivity index (χ3v) is 3.81. The Kier molecular flexibility index (Phi) is 4.43. The zero-order valence-electron chi connectivity index (χ0n) is 11.3. The number of aromatic nitrogens is 2. The molecule has 0 aliphatic rings. The molecular formula is C16H14BrN3O. The van der Waals surface area contributed by atoms with Crippen LogP contribution in [0.5, 0.6) is 0 Å². The number of nitrogens with zero attached hydrogens (tertiary/aromatic N) is 2. The van der Waals surface area contributed by atoms with Crippen LogP contribution in [-0.4, -0.2) is 10.2 Å². The van der Waals surface area contributed by atoms with Gasteiger partial charge in [-0.2, -0.15) is 0 Å². The van der Waals surface area contributed by atoms with Crippen molar-refractivity contribution in [2.24, 2.45) is 0 Å². The van der Waals surface area contributed by atoms with E-state index in [0.717, 1.165) is 16.6 Å². The summed E-state index contributed by atoms with van der Waals surface area (Å²) in [5, 5.41) is 11.4. The maximum atomic E-state index is 5.64. The average Bonchev–Trinajstić information content (AvgIpc) is 2.99. The van der Waals surface area contributed by atoms with Gasteiger partial charge in [0.25, 0.3) is 0 Å². The van der Waals surface area contributed by atoms with Crippen LogP contribution in [-0.2, 0) is 13.1 Å². The lowest BCUT2D eigenvalue weighted by atomic mass is 10.2. The van der Waals surface area contributed by atoms with Gasteiger partial charge in [0.05, 0.1) is 6.54 Å². The summed E-state index contributed by atoms with van der Waals surface area (Å²) in [6.07, 6.45) is 0. The minimum absolute atomic E-state index is 0.543. The molecule has 1 aromatic heterocycles. The zero-order valence-corrected chi connectivity index (χ0v) is 12.9. The van der Waals surface area contributed by atoms with Crippen molar-refractivity contribution in [1.29, 1.82) is 0 Å². The van der Waals surface area contributed by atoms with E-state index in [0.29, 0.717) is 18.3 Å². The number of hydrogen-bond donors (Lipinski definition) is 1. The van der Waals surface area contributed by atoms with Crippen LogP contribution >= 0.6 is 15.9 Å². The van der Waals surface area contributed by atoms with E-state index in [1.54, 1.807) is 0 Å². The molecular weight excluding hydrogens is 330 g/mol. The molecule has 0 unspecified atom stereocenters. The molecule has 0 saturated heterocycles. The lowest BCUT2D eigenvalue weighted by molar-refractivity contribution is 0.477. The van der Waals surface area contributed by atoms with Gasteiger partial charge in [-0.05, 0) is 23.8 Å². The van der Waals surface area contributed by atoms with Crippen LogP contribution in [0.1, 0.15) is 11.5 Å². The summed E-state index contributed by atoms with van der Waals surface area (Å²) < 4.78 is 6.73. The van der Waals surface area contributed by atoms with Gasteiger partial charge in [-0.15, -0.1) is 10.2 Å². The Morgan fingerprint density at radius 1 is 0.905 bits per heavy atom. The van der Waals surface area contributed by atoms with Crippen LogP contribution in [0.4, 0.5) is 0 Å². The highest BCUT2D eigenvalue weighted by molar-refractivity contribution is 9.10. The first-order chi connectivity index (χ1) is 10.3. The van der Waals surface area contributed by atoms with Crippen molar-refractivity contribution in [3.63, 3.8) is 0 Å². The maximum Gasteiger partial charge on any atom is 0.247 e. The highest BCUT2D eigenvalue weighted by Gasteiger charge is 2.07. The van der Waals surface area contributed by atoms with Crippen molar-refractivity contribution in [3.8, 4) is 11.5 Å². The van der Waals surface area contributed by atoms with Gasteiger partial charge in [0.15, 0.2) is 0 Å². The Labute approximate surface area is 131 Å². The van der Waals surface area contributed by atoms with Crippen molar-refractivity contribution in [2.75, 3.05) is 0 Å². The van der Waals surface area contributed by atoms with E-state index in [9.17, 15) is 0 Å². The van der Waals surface area contributed by atoms with Gasteiger partial charge >= 0.3 is 0 Å². The fourth-order valence-corrected chi connectivity index (χ4v) is 2.39. The minimum Gasteiger partial charge on any atom is -0.419 e. The fraction of sp³-hybridized carbons (Fsp3) is 0.125. The third kappa shape index (κ3) is 3.56. The van der Waals surface area contributed by atoms with Crippen LogP contribution in [0, 0.1) is 0 Å². The van der Waals surface area contributed by atoms with Crippen LogP contribution in [0.15, 0.2) is 63.5 Å². The second-order valence-electron chi connectivity index (χ2n) is 4.56. The minimum atomic E-state index is 0.543. The summed E-state index contributed by atoms with van der Waals surface area (Å²) in [6, 6.07) is 17.9.